The first kappa shape index (κ1) is 12.1. The van der Waals surface area contributed by atoms with E-state index in [0.29, 0.717) is 11.8 Å². The Bertz CT molecular complexity index is 378. The molecular weight excluding hydrogens is 214 g/mol. The van der Waals surface area contributed by atoms with E-state index in [1.165, 1.54) is 25.3 Å². The van der Waals surface area contributed by atoms with Crippen molar-refractivity contribution in [2.24, 2.45) is 5.92 Å². The zero-order valence-corrected chi connectivity index (χ0v) is 10.4. The maximum Gasteiger partial charge on any atom is 0.308 e. The first-order chi connectivity index (χ1) is 8.15. The molecule has 1 heterocycles. The van der Waals surface area contributed by atoms with E-state index in [1.807, 2.05) is 24.3 Å². The molecule has 92 valence electrons. The highest BCUT2D eigenvalue weighted by molar-refractivity contribution is 5.69. The van der Waals surface area contributed by atoms with Gasteiger partial charge in [0.1, 0.15) is 5.75 Å². The summed E-state index contributed by atoms with van der Waals surface area (Å²) in [6.07, 6.45) is 2.44. The van der Waals surface area contributed by atoms with Gasteiger partial charge in [0.15, 0.2) is 0 Å². The summed E-state index contributed by atoms with van der Waals surface area (Å²) in [6.45, 7) is 4.77. The van der Waals surface area contributed by atoms with Gasteiger partial charge in [-0.05, 0) is 43.0 Å². The molecule has 1 aromatic rings. The van der Waals surface area contributed by atoms with E-state index >= 15 is 0 Å². The fourth-order valence-corrected chi connectivity index (χ4v) is 2.22. The second-order valence-electron chi connectivity index (χ2n) is 4.81. The predicted molar refractivity (Wildman–Crippen MR) is 66.9 cm³/mol. The Morgan fingerprint density at radius 3 is 2.53 bits per heavy atom. The maximum atomic E-state index is 10.8. The fourth-order valence-electron chi connectivity index (χ4n) is 2.22. The number of rotatable bonds is 2. The number of hydrogen-bond acceptors (Lipinski definition) is 3. The second kappa shape index (κ2) is 5.32. The quantitative estimate of drug-likeness (QED) is 0.630. The number of benzene rings is 1. The highest BCUT2D eigenvalue weighted by Gasteiger charge is 2.18. The number of hydrogen-bond donors (Lipinski definition) is 1. The molecule has 0 bridgehead atoms. The van der Waals surface area contributed by atoms with Gasteiger partial charge < -0.3 is 10.1 Å². The van der Waals surface area contributed by atoms with Gasteiger partial charge in [-0.3, -0.25) is 4.79 Å². The van der Waals surface area contributed by atoms with Crippen LogP contribution in [0.5, 0.6) is 5.75 Å². The molecule has 0 aromatic heterocycles. The van der Waals surface area contributed by atoms with Crippen molar-refractivity contribution in [3.63, 3.8) is 0 Å². The van der Waals surface area contributed by atoms with E-state index in [9.17, 15) is 4.79 Å². The van der Waals surface area contributed by atoms with Crippen LogP contribution in [0.25, 0.3) is 0 Å². The number of carbonyl (C=O) groups excluding carboxylic acids is 1. The highest BCUT2D eigenvalue weighted by atomic mass is 16.5. The van der Waals surface area contributed by atoms with Crippen LogP contribution >= 0.6 is 0 Å². The standard InChI is InChI=1S/C14H19NO2/c1-10-3-8-14(15-9-10)12-4-6-13(7-5-12)17-11(2)16/h4-7,10,14-15H,3,8-9H2,1-2H3/t10-,14+/m1/s1. The van der Waals surface area contributed by atoms with Crippen LogP contribution in [0.1, 0.15) is 38.3 Å². The molecule has 1 aliphatic heterocycles. The molecule has 3 heteroatoms. The van der Waals surface area contributed by atoms with Gasteiger partial charge in [0.2, 0.25) is 0 Å². The van der Waals surface area contributed by atoms with E-state index in [1.54, 1.807) is 0 Å². The first-order valence-corrected chi connectivity index (χ1v) is 6.17. The number of esters is 1. The topological polar surface area (TPSA) is 38.3 Å². The summed E-state index contributed by atoms with van der Waals surface area (Å²) < 4.78 is 5.01. The lowest BCUT2D eigenvalue weighted by Gasteiger charge is -2.28. The normalized spacial score (nSPS) is 24.4. The lowest BCUT2D eigenvalue weighted by Crippen LogP contribution is -2.31. The SMILES string of the molecule is CC(=O)Oc1ccc([C@@H]2CC[C@@H](C)CN2)cc1. The number of piperidine rings is 1. The van der Waals surface area contributed by atoms with Gasteiger partial charge in [-0.1, -0.05) is 19.1 Å². The van der Waals surface area contributed by atoms with Crippen molar-refractivity contribution in [2.75, 3.05) is 6.54 Å². The third-order valence-electron chi connectivity index (χ3n) is 3.20. The summed E-state index contributed by atoms with van der Waals surface area (Å²) in [5, 5.41) is 3.54. The van der Waals surface area contributed by atoms with Crippen molar-refractivity contribution in [3.05, 3.63) is 29.8 Å². The van der Waals surface area contributed by atoms with E-state index in [-0.39, 0.29) is 5.97 Å². The molecule has 1 aromatic carbocycles. The first-order valence-electron chi connectivity index (χ1n) is 6.17. The lowest BCUT2D eigenvalue weighted by atomic mass is 9.92. The molecule has 0 radical (unpaired) electrons. The maximum absolute atomic E-state index is 10.8. The average molecular weight is 233 g/mol. The molecule has 0 saturated carbocycles. The molecule has 1 aliphatic rings. The van der Waals surface area contributed by atoms with E-state index < -0.39 is 0 Å². The van der Waals surface area contributed by atoms with Crippen LogP contribution in [0.15, 0.2) is 24.3 Å². The van der Waals surface area contributed by atoms with Crippen molar-refractivity contribution in [1.82, 2.24) is 5.32 Å². The molecule has 0 aliphatic carbocycles. The number of nitrogens with one attached hydrogen (secondary N) is 1. The third-order valence-corrected chi connectivity index (χ3v) is 3.20. The molecule has 0 amide bonds. The van der Waals surface area contributed by atoms with Crippen LogP contribution in [0.2, 0.25) is 0 Å². The minimum Gasteiger partial charge on any atom is -0.427 e. The van der Waals surface area contributed by atoms with Gasteiger partial charge in [0.05, 0.1) is 0 Å². The van der Waals surface area contributed by atoms with Crippen molar-refractivity contribution >= 4 is 5.97 Å². The van der Waals surface area contributed by atoms with Gasteiger partial charge in [-0.25, -0.2) is 0 Å². The monoisotopic (exact) mass is 233 g/mol. The zero-order chi connectivity index (χ0) is 12.3. The predicted octanol–water partition coefficient (Wildman–Crippen LogP) is 2.67. The third kappa shape index (κ3) is 3.30. The number of ether oxygens (including phenoxy) is 1. The van der Waals surface area contributed by atoms with Gasteiger partial charge in [-0.15, -0.1) is 0 Å². The molecule has 1 N–H and O–H groups in total. The Morgan fingerprint density at radius 1 is 1.29 bits per heavy atom. The van der Waals surface area contributed by atoms with E-state index in [2.05, 4.69) is 12.2 Å². The summed E-state index contributed by atoms with van der Waals surface area (Å²) in [5.74, 6) is 1.11. The summed E-state index contributed by atoms with van der Waals surface area (Å²) in [7, 11) is 0. The van der Waals surface area contributed by atoms with Crippen molar-refractivity contribution < 1.29 is 9.53 Å². The lowest BCUT2D eigenvalue weighted by molar-refractivity contribution is -0.131. The average Bonchev–Trinajstić information content (AvgIpc) is 2.30. The summed E-state index contributed by atoms with van der Waals surface area (Å²) in [6, 6.07) is 8.22. The van der Waals surface area contributed by atoms with Crippen molar-refractivity contribution in [1.29, 1.82) is 0 Å². The summed E-state index contributed by atoms with van der Waals surface area (Å²) >= 11 is 0. The molecule has 1 fully saturated rings. The Kier molecular flexibility index (Phi) is 3.79. The molecule has 3 nitrogen and oxygen atoms in total. The van der Waals surface area contributed by atoms with Crippen LogP contribution in [0.3, 0.4) is 0 Å². The molecule has 2 atom stereocenters. The Morgan fingerprint density at radius 2 is 2.00 bits per heavy atom. The van der Waals surface area contributed by atoms with Crippen LogP contribution in [0, 0.1) is 5.92 Å². The molecule has 0 unspecified atom stereocenters. The Hall–Kier alpha value is -1.35. The molecular formula is C14H19NO2. The van der Waals surface area contributed by atoms with Crippen molar-refractivity contribution in [2.45, 2.75) is 32.7 Å². The zero-order valence-electron chi connectivity index (χ0n) is 10.4. The van der Waals surface area contributed by atoms with Gasteiger partial charge in [0, 0.05) is 13.0 Å². The van der Waals surface area contributed by atoms with Crippen LogP contribution in [-0.4, -0.2) is 12.5 Å². The Balaban J connectivity index is 2.00. The van der Waals surface area contributed by atoms with Crippen LogP contribution < -0.4 is 10.1 Å². The van der Waals surface area contributed by atoms with Gasteiger partial charge in [-0.2, -0.15) is 0 Å². The highest BCUT2D eigenvalue weighted by Crippen LogP contribution is 2.26. The Labute approximate surface area is 102 Å². The smallest absolute Gasteiger partial charge is 0.308 e. The van der Waals surface area contributed by atoms with Crippen LogP contribution in [0.4, 0.5) is 0 Å². The molecule has 2 rings (SSSR count). The second-order valence-corrected chi connectivity index (χ2v) is 4.81. The minimum atomic E-state index is -0.276. The number of carbonyl (C=O) groups is 1. The van der Waals surface area contributed by atoms with Crippen LogP contribution in [-0.2, 0) is 4.79 Å². The summed E-state index contributed by atoms with van der Waals surface area (Å²) in [5.41, 5.74) is 1.27. The van der Waals surface area contributed by atoms with E-state index in [0.717, 1.165) is 12.5 Å². The molecule has 1 saturated heterocycles. The van der Waals surface area contributed by atoms with Crippen molar-refractivity contribution in [3.8, 4) is 5.75 Å². The molecule has 0 spiro atoms. The van der Waals surface area contributed by atoms with Gasteiger partial charge in [0.25, 0.3) is 0 Å². The summed E-state index contributed by atoms with van der Waals surface area (Å²) in [4.78, 5) is 10.8. The van der Waals surface area contributed by atoms with E-state index in [4.69, 9.17) is 4.74 Å². The largest absolute Gasteiger partial charge is 0.427 e. The van der Waals surface area contributed by atoms with Gasteiger partial charge >= 0.3 is 5.97 Å². The minimum absolute atomic E-state index is 0.276. The molecule has 17 heavy (non-hydrogen) atoms. The fraction of sp³-hybridized carbons (Fsp3) is 0.500.